The summed E-state index contributed by atoms with van der Waals surface area (Å²) in [5.74, 6) is 0.651. The Morgan fingerprint density at radius 3 is 2.56 bits per heavy atom. The number of carbonyl (C=O) groups is 2. The summed E-state index contributed by atoms with van der Waals surface area (Å²) in [5.41, 5.74) is 2.68. The first-order valence-electron chi connectivity index (χ1n) is 13.9. The van der Waals surface area contributed by atoms with Crippen LogP contribution in [-0.2, 0) is 14.3 Å². The number of rotatable bonds is 9. The van der Waals surface area contributed by atoms with E-state index in [1.807, 2.05) is 48.5 Å². The van der Waals surface area contributed by atoms with E-state index in [9.17, 15) is 9.59 Å². The third-order valence-corrected chi connectivity index (χ3v) is 8.21. The Labute approximate surface area is 235 Å². The van der Waals surface area contributed by atoms with Crippen LogP contribution in [0.25, 0.3) is 0 Å². The van der Waals surface area contributed by atoms with Gasteiger partial charge < -0.3 is 14.4 Å². The predicted octanol–water partition coefficient (Wildman–Crippen LogP) is 4.38. The average molecular weight is 553 g/mol. The Hall–Kier alpha value is -2.94. The van der Waals surface area contributed by atoms with Crippen LogP contribution in [0.2, 0.25) is 5.02 Å². The topological polar surface area (TPSA) is 74.7 Å². The number of morpholine rings is 1. The number of hydrazone groups is 1. The van der Waals surface area contributed by atoms with Gasteiger partial charge in [0.05, 0.1) is 32.1 Å². The zero-order valence-corrected chi connectivity index (χ0v) is 23.3. The Balaban J connectivity index is 1.38. The van der Waals surface area contributed by atoms with Gasteiger partial charge in [-0.2, -0.15) is 5.10 Å². The number of hydrogen-bond donors (Lipinski definition) is 0. The summed E-state index contributed by atoms with van der Waals surface area (Å²) in [5, 5.41) is 7.03. The Morgan fingerprint density at radius 1 is 1.10 bits per heavy atom. The van der Waals surface area contributed by atoms with Gasteiger partial charge in [-0.25, -0.2) is 5.01 Å². The Bertz CT molecular complexity index is 1180. The lowest BCUT2D eigenvalue weighted by Gasteiger charge is -2.32. The van der Waals surface area contributed by atoms with E-state index in [0.717, 1.165) is 67.9 Å². The summed E-state index contributed by atoms with van der Waals surface area (Å²) in [6, 6.07) is 15.0. The number of nitrogens with zero attached hydrogens (tertiary/aromatic N) is 4. The molecule has 8 nitrogen and oxygen atoms in total. The van der Waals surface area contributed by atoms with E-state index in [-0.39, 0.29) is 30.3 Å². The average Bonchev–Trinajstić information content (AvgIpc) is 3.67. The van der Waals surface area contributed by atoms with Crippen molar-refractivity contribution in [3.05, 3.63) is 64.7 Å². The van der Waals surface area contributed by atoms with Crippen LogP contribution in [0.15, 0.2) is 53.6 Å². The van der Waals surface area contributed by atoms with Crippen molar-refractivity contribution in [2.24, 2.45) is 11.0 Å². The van der Waals surface area contributed by atoms with E-state index in [2.05, 4.69) is 4.90 Å². The number of carbonyl (C=O) groups excluding carboxylic acids is 2. The molecule has 2 aliphatic heterocycles. The first-order chi connectivity index (χ1) is 19.0. The fourth-order valence-electron chi connectivity index (χ4n) is 5.68. The van der Waals surface area contributed by atoms with Gasteiger partial charge in [0, 0.05) is 49.1 Å². The second-order valence-corrected chi connectivity index (χ2v) is 10.9. The van der Waals surface area contributed by atoms with Crippen molar-refractivity contribution in [2.45, 2.75) is 38.1 Å². The molecule has 3 aliphatic rings. The molecule has 2 heterocycles. The molecule has 0 N–H and O–H groups in total. The van der Waals surface area contributed by atoms with Crippen molar-refractivity contribution < 1.29 is 19.1 Å². The maximum Gasteiger partial charge on any atom is 0.262 e. The zero-order valence-electron chi connectivity index (χ0n) is 22.6. The minimum atomic E-state index is -0.279. The molecule has 1 atom stereocenters. The lowest BCUT2D eigenvalue weighted by atomic mass is 9.98. The van der Waals surface area contributed by atoms with Gasteiger partial charge in [0.15, 0.2) is 0 Å². The number of ether oxygens (including phenoxy) is 2. The maximum atomic E-state index is 13.9. The van der Waals surface area contributed by atoms with Gasteiger partial charge in [0.2, 0.25) is 5.91 Å². The van der Waals surface area contributed by atoms with E-state index >= 15 is 0 Å². The Kier molecular flexibility index (Phi) is 9.17. The largest absolute Gasteiger partial charge is 0.497 e. The molecule has 0 bridgehead atoms. The molecule has 2 aromatic rings. The summed E-state index contributed by atoms with van der Waals surface area (Å²) >= 11 is 6.16. The first kappa shape index (κ1) is 27.6. The van der Waals surface area contributed by atoms with Gasteiger partial charge in [0.1, 0.15) is 12.3 Å². The highest BCUT2D eigenvalue weighted by atomic mass is 35.5. The zero-order chi connectivity index (χ0) is 27.2. The van der Waals surface area contributed by atoms with E-state index in [1.165, 1.54) is 0 Å². The van der Waals surface area contributed by atoms with Crippen LogP contribution in [-0.4, -0.2) is 85.4 Å². The van der Waals surface area contributed by atoms with Crippen molar-refractivity contribution in [1.82, 2.24) is 14.8 Å². The highest BCUT2D eigenvalue weighted by molar-refractivity contribution is 6.30. The maximum absolute atomic E-state index is 13.9. The molecule has 2 fully saturated rings. The molecule has 1 saturated heterocycles. The smallest absolute Gasteiger partial charge is 0.262 e. The molecular weight excluding hydrogens is 516 g/mol. The van der Waals surface area contributed by atoms with Crippen LogP contribution in [0.1, 0.15) is 49.3 Å². The Morgan fingerprint density at radius 2 is 1.85 bits per heavy atom. The molecule has 39 heavy (non-hydrogen) atoms. The highest BCUT2D eigenvalue weighted by Gasteiger charge is 2.36. The summed E-state index contributed by atoms with van der Waals surface area (Å²) in [6.45, 7) is 4.36. The lowest BCUT2D eigenvalue weighted by Crippen LogP contribution is -2.47. The summed E-state index contributed by atoms with van der Waals surface area (Å²) < 4.78 is 10.9. The summed E-state index contributed by atoms with van der Waals surface area (Å²) in [6.07, 6.45) is 4.50. The molecule has 2 aromatic carbocycles. The van der Waals surface area contributed by atoms with Crippen LogP contribution in [0.4, 0.5) is 0 Å². The van der Waals surface area contributed by atoms with Gasteiger partial charge >= 0.3 is 0 Å². The molecule has 0 spiro atoms. The van der Waals surface area contributed by atoms with Crippen molar-refractivity contribution >= 4 is 29.1 Å². The molecule has 2 amide bonds. The summed E-state index contributed by atoms with van der Waals surface area (Å²) in [4.78, 5) is 31.5. The van der Waals surface area contributed by atoms with Crippen LogP contribution in [0, 0.1) is 5.92 Å². The minimum Gasteiger partial charge on any atom is -0.497 e. The van der Waals surface area contributed by atoms with E-state index < -0.39 is 0 Å². The quantitative estimate of drug-likeness (QED) is 0.461. The molecule has 0 radical (unpaired) electrons. The lowest BCUT2D eigenvalue weighted by molar-refractivity contribution is -0.144. The van der Waals surface area contributed by atoms with Crippen molar-refractivity contribution in [1.29, 1.82) is 0 Å². The van der Waals surface area contributed by atoms with E-state index in [1.54, 1.807) is 17.0 Å². The van der Waals surface area contributed by atoms with Gasteiger partial charge in [-0.05, 0) is 42.7 Å². The fraction of sp³-hybridized carbons (Fsp3) is 0.500. The summed E-state index contributed by atoms with van der Waals surface area (Å²) in [7, 11) is 1.63. The van der Waals surface area contributed by atoms with E-state index in [4.69, 9.17) is 26.2 Å². The molecular formula is C30H37ClN4O4. The first-order valence-corrected chi connectivity index (χ1v) is 14.3. The second-order valence-electron chi connectivity index (χ2n) is 10.5. The normalized spacial score (nSPS) is 20.2. The van der Waals surface area contributed by atoms with Crippen LogP contribution >= 0.6 is 11.6 Å². The molecule has 1 saturated carbocycles. The molecule has 1 aliphatic carbocycles. The van der Waals surface area contributed by atoms with Gasteiger partial charge in [-0.1, -0.05) is 48.7 Å². The van der Waals surface area contributed by atoms with Crippen LogP contribution in [0.5, 0.6) is 5.75 Å². The number of benzene rings is 2. The molecule has 5 rings (SSSR count). The monoisotopic (exact) mass is 552 g/mol. The van der Waals surface area contributed by atoms with Crippen molar-refractivity contribution in [2.75, 3.05) is 53.0 Å². The molecule has 9 heteroatoms. The van der Waals surface area contributed by atoms with E-state index in [0.29, 0.717) is 31.2 Å². The van der Waals surface area contributed by atoms with Gasteiger partial charge in [-0.15, -0.1) is 0 Å². The standard InChI is InChI=1S/C30H37ClN4O4/c1-38-26-8-4-7-24(19-26)27-20-28(22-9-11-25(31)12-10-22)35(32-27)29(36)21-34(30(37)23-5-2-3-6-23)14-13-33-15-17-39-18-16-33/h4,7-12,19,23,28H,2-3,5-6,13-18,20-21H2,1H3. The number of hydrogen-bond acceptors (Lipinski definition) is 6. The third kappa shape index (κ3) is 6.80. The van der Waals surface area contributed by atoms with Crippen molar-refractivity contribution in [3.8, 4) is 5.75 Å². The van der Waals surface area contributed by atoms with Crippen LogP contribution < -0.4 is 4.74 Å². The minimum absolute atomic E-state index is 0.00368. The molecule has 0 aromatic heterocycles. The van der Waals surface area contributed by atoms with Gasteiger partial charge in [-0.3, -0.25) is 14.5 Å². The SMILES string of the molecule is COc1cccc(C2=NN(C(=O)CN(CCN3CCOCC3)C(=O)C3CCCC3)C(c3ccc(Cl)cc3)C2)c1. The van der Waals surface area contributed by atoms with Crippen molar-refractivity contribution in [3.63, 3.8) is 0 Å². The fourth-order valence-corrected chi connectivity index (χ4v) is 5.81. The highest BCUT2D eigenvalue weighted by Crippen LogP contribution is 2.34. The van der Waals surface area contributed by atoms with Gasteiger partial charge in [0.25, 0.3) is 5.91 Å². The number of amides is 2. The predicted molar refractivity (Wildman–Crippen MR) is 151 cm³/mol. The molecule has 208 valence electrons. The van der Waals surface area contributed by atoms with Crippen LogP contribution in [0.3, 0.4) is 0 Å². The molecule has 1 unspecified atom stereocenters. The third-order valence-electron chi connectivity index (χ3n) is 7.96. The second kappa shape index (κ2) is 12.9. The number of methoxy groups -OCH3 is 1. The number of halogens is 1.